The second kappa shape index (κ2) is 4.42. The minimum atomic E-state index is 0.0344. The number of hydrogen-bond acceptors (Lipinski definition) is 3. The molecule has 0 aromatic heterocycles. The molecule has 6 heteroatoms. The minimum Gasteiger partial charge on any atom is -0.489 e. The van der Waals surface area contributed by atoms with Crippen molar-refractivity contribution in [1.29, 1.82) is 0 Å². The Hall–Kier alpha value is -1.39. The van der Waals surface area contributed by atoms with E-state index in [0.717, 1.165) is 15.9 Å². The normalized spacial score (nSPS) is 18.1. The van der Waals surface area contributed by atoms with E-state index in [-0.39, 0.29) is 6.04 Å². The molecule has 0 bridgehead atoms. The number of anilines is 1. The van der Waals surface area contributed by atoms with Crippen molar-refractivity contribution < 1.29 is 4.74 Å². The summed E-state index contributed by atoms with van der Waals surface area (Å²) >= 11 is 3.43. The third-order valence-electron chi connectivity index (χ3n) is 2.13. The Morgan fingerprint density at radius 3 is 3.33 bits per heavy atom. The van der Waals surface area contributed by atoms with Crippen LogP contribution in [0.25, 0.3) is 10.4 Å². The standard InChI is InChI=1S/C9H9BrN4O/c10-7-2-1-3-8-9(7)13-6(5-15-8)4-12-14-11/h1-3,6,13H,4-5H2. The van der Waals surface area contributed by atoms with Gasteiger partial charge < -0.3 is 10.1 Å². The van der Waals surface area contributed by atoms with Gasteiger partial charge in [0.15, 0.2) is 0 Å². The molecule has 0 radical (unpaired) electrons. The van der Waals surface area contributed by atoms with Crippen molar-refractivity contribution in [1.82, 2.24) is 0 Å². The van der Waals surface area contributed by atoms with Crippen LogP contribution in [-0.4, -0.2) is 19.2 Å². The lowest BCUT2D eigenvalue weighted by molar-refractivity contribution is 0.286. The maximum absolute atomic E-state index is 8.23. The molecule has 2 rings (SSSR count). The summed E-state index contributed by atoms with van der Waals surface area (Å²) in [6, 6.07) is 5.78. The zero-order valence-electron chi connectivity index (χ0n) is 7.85. The summed E-state index contributed by atoms with van der Waals surface area (Å²) in [5, 5.41) is 6.78. The molecule has 1 N–H and O–H groups in total. The Bertz CT molecular complexity index is 417. The van der Waals surface area contributed by atoms with Crippen LogP contribution in [0.5, 0.6) is 5.75 Å². The van der Waals surface area contributed by atoms with E-state index >= 15 is 0 Å². The highest BCUT2D eigenvalue weighted by Gasteiger charge is 2.19. The fraction of sp³-hybridized carbons (Fsp3) is 0.333. The number of fused-ring (bicyclic) bond motifs is 1. The third kappa shape index (κ3) is 2.16. The van der Waals surface area contributed by atoms with Crippen molar-refractivity contribution in [3.05, 3.63) is 33.1 Å². The maximum Gasteiger partial charge on any atom is 0.143 e. The Morgan fingerprint density at radius 1 is 1.67 bits per heavy atom. The second-order valence-electron chi connectivity index (χ2n) is 3.18. The molecule has 0 saturated heterocycles. The van der Waals surface area contributed by atoms with Gasteiger partial charge in [0, 0.05) is 15.9 Å². The highest BCUT2D eigenvalue weighted by molar-refractivity contribution is 9.10. The molecule has 78 valence electrons. The van der Waals surface area contributed by atoms with Gasteiger partial charge in [0.1, 0.15) is 12.4 Å². The molecular formula is C9H9BrN4O. The average Bonchev–Trinajstić information content (AvgIpc) is 2.27. The molecule has 0 spiro atoms. The first-order chi connectivity index (χ1) is 7.31. The largest absolute Gasteiger partial charge is 0.489 e. The van der Waals surface area contributed by atoms with E-state index in [4.69, 9.17) is 10.3 Å². The van der Waals surface area contributed by atoms with Crippen molar-refractivity contribution in [2.45, 2.75) is 6.04 Å². The number of rotatable bonds is 2. The molecule has 5 nitrogen and oxygen atoms in total. The van der Waals surface area contributed by atoms with Gasteiger partial charge in [0.2, 0.25) is 0 Å². The molecule has 1 unspecified atom stereocenters. The summed E-state index contributed by atoms with van der Waals surface area (Å²) in [7, 11) is 0. The zero-order chi connectivity index (χ0) is 10.7. The Labute approximate surface area is 95.2 Å². The molecule has 0 fully saturated rings. The van der Waals surface area contributed by atoms with Crippen LogP contribution in [0.2, 0.25) is 0 Å². The van der Waals surface area contributed by atoms with Crippen LogP contribution in [0.15, 0.2) is 27.8 Å². The smallest absolute Gasteiger partial charge is 0.143 e. The topological polar surface area (TPSA) is 70.0 Å². The number of ether oxygens (including phenoxy) is 1. The number of nitrogens with zero attached hydrogens (tertiary/aromatic N) is 3. The van der Waals surface area contributed by atoms with Gasteiger partial charge in [-0.25, -0.2) is 0 Å². The quantitative estimate of drug-likeness (QED) is 0.509. The van der Waals surface area contributed by atoms with Crippen LogP contribution in [0.3, 0.4) is 0 Å². The summed E-state index contributed by atoms with van der Waals surface area (Å²) in [5.41, 5.74) is 9.15. The molecule has 15 heavy (non-hydrogen) atoms. The maximum atomic E-state index is 8.23. The molecule has 1 heterocycles. The number of para-hydroxylation sites is 1. The fourth-order valence-corrected chi connectivity index (χ4v) is 1.90. The van der Waals surface area contributed by atoms with Gasteiger partial charge in [-0.2, -0.15) is 0 Å². The van der Waals surface area contributed by atoms with E-state index in [9.17, 15) is 0 Å². The number of halogens is 1. The highest BCUT2D eigenvalue weighted by atomic mass is 79.9. The third-order valence-corrected chi connectivity index (χ3v) is 2.79. The van der Waals surface area contributed by atoms with E-state index in [0.29, 0.717) is 13.2 Å². The molecule has 0 amide bonds. The zero-order valence-corrected chi connectivity index (χ0v) is 9.44. The van der Waals surface area contributed by atoms with Crippen molar-refractivity contribution in [3.8, 4) is 5.75 Å². The molecule has 0 aliphatic carbocycles. The lowest BCUT2D eigenvalue weighted by atomic mass is 10.2. The van der Waals surface area contributed by atoms with Gasteiger partial charge in [0.25, 0.3) is 0 Å². The molecule has 1 aromatic carbocycles. The fourth-order valence-electron chi connectivity index (χ4n) is 1.43. The Kier molecular flexibility index (Phi) is 2.99. The lowest BCUT2D eigenvalue weighted by Crippen LogP contribution is -2.33. The summed E-state index contributed by atoms with van der Waals surface area (Å²) in [6.45, 7) is 0.903. The van der Waals surface area contributed by atoms with Crippen LogP contribution in [0.4, 0.5) is 5.69 Å². The summed E-state index contributed by atoms with van der Waals surface area (Å²) in [6.07, 6.45) is 0. The first-order valence-corrected chi connectivity index (χ1v) is 5.29. The highest BCUT2D eigenvalue weighted by Crippen LogP contribution is 2.35. The van der Waals surface area contributed by atoms with Crippen molar-refractivity contribution in [2.24, 2.45) is 5.11 Å². The lowest BCUT2D eigenvalue weighted by Gasteiger charge is -2.27. The first kappa shape index (κ1) is 10.1. The van der Waals surface area contributed by atoms with Gasteiger partial charge >= 0.3 is 0 Å². The van der Waals surface area contributed by atoms with Gasteiger partial charge in [-0.05, 0) is 33.6 Å². The monoisotopic (exact) mass is 268 g/mol. The van der Waals surface area contributed by atoms with Crippen molar-refractivity contribution in [2.75, 3.05) is 18.5 Å². The van der Waals surface area contributed by atoms with Crippen LogP contribution in [-0.2, 0) is 0 Å². The summed E-state index contributed by atoms with van der Waals surface area (Å²) in [4.78, 5) is 2.73. The van der Waals surface area contributed by atoms with E-state index in [1.165, 1.54) is 0 Å². The van der Waals surface area contributed by atoms with E-state index in [1.807, 2.05) is 18.2 Å². The van der Waals surface area contributed by atoms with Crippen LogP contribution in [0.1, 0.15) is 0 Å². The molecule has 0 saturated carbocycles. The van der Waals surface area contributed by atoms with Gasteiger partial charge in [-0.3, -0.25) is 0 Å². The van der Waals surface area contributed by atoms with Crippen LogP contribution >= 0.6 is 15.9 Å². The predicted molar refractivity (Wildman–Crippen MR) is 61.1 cm³/mol. The second-order valence-corrected chi connectivity index (χ2v) is 4.03. The number of hydrogen-bond donors (Lipinski definition) is 1. The molecule has 1 aliphatic rings. The van der Waals surface area contributed by atoms with Gasteiger partial charge in [0.05, 0.1) is 11.7 Å². The van der Waals surface area contributed by atoms with Crippen LogP contribution in [0, 0.1) is 0 Å². The SMILES string of the molecule is [N-]=[N+]=NCC1COc2cccc(Br)c2N1. The van der Waals surface area contributed by atoms with Crippen LogP contribution < -0.4 is 10.1 Å². The predicted octanol–water partition coefficient (Wildman–Crippen LogP) is 2.93. The molecule has 1 aliphatic heterocycles. The Morgan fingerprint density at radius 2 is 2.53 bits per heavy atom. The van der Waals surface area contributed by atoms with E-state index in [2.05, 4.69) is 31.3 Å². The minimum absolute atomic E-state index is 0.0344. The number of nitrogens with one attached hydrogen (secondary N) is 1. The van der Waals surface area contributed by atoms with Crippen molar-refractivity contribution >= 4 is 21.6 Å². The van der Waals surface area contributed by atoms with Gasteiger partial charge in [-0.15, -0.1) is 0 Å². The molecule has 1 atom stereocenters. The van der Waals surface area contributed by atoms with Crippen molar-refractivity contribution in [3.63, 3.8) is 0 Å². The van der Waals surface area contributed by atoms with E-state index in [1.54, 1.807) is 0 Å². The molecular weight excluding hydrogens is 260 g/mol. The average molecular weight is 269 g/mol. The number of azide groups is 1. The number of benzene rings is 1. The van der Waals surface area contributed by atoms with E-state index < -0.39 is 0 Å². The first-order valence-electron chi connectivity index (χ1n) is 4.50. The Balaban J connectivity index is 2.18. The summed E-state index contributed by atoms with van der Waals surface area (Å²) in [5.74, 6) is 0.821. The van der Waals surface area contributed by atoms with Gasteiger partial charge in [-0.1, -0.05) is 11.2 Å². The summed E-state index contributed by atoms with van der Waals surface area (Å²) < 4.78 is 6.49. The molecule has 1 aromatic rings.